The zero-order chi connectivity index (χ0) is 14.6. The lowest BCUT2D eigenvalue weighted by molar-refractivity contribution is -0.117. The number of hydrogen-bond acceptors (Lipinski definition) is 3. The van der Waals surface area contributed by atoms with Gasteiger partial charge in [0.1, 0.15) is 0 Å². The SMILES string of the molecule is CC(C)(C)c1ccc(NC(=O)CN2CCNCC2)cc1. The lowest BCUT2D eigenvalue weighted by atomic mass is 9.87. The van der Waals surface area contributed by atoms with Gasteiger partial charge in [-0.05, 0) is 23.1 Å². The van der Waals surface area contributed by atoms with Gasteiger partial charge in [0.05, 0.1) is 6.54 Å². The van der Waals surface area contributed by atoms with Gasteiger partial charge in [0.25, 0.3) is 0 Å². The first-order valence-electron chi connectivity index (χ1n) is 7.28. The highest BCUT2D eigenvalue weighted by Gasteiger charge is 2.15. The minimum Gasteiger partial charge on any atom is -0.325 e. The second kappa shape index (κ2) is 6.37. The Balaban J connectivity index is 1.87. The summed E-state index contributed by atoms with van der Waals surface area (Å²) in [6.07, 6.45) is 0. The summed E-state index contributed by atoms with van der Waals surface area (Å²) in [6.45, 7) is 10.8. The molecule has 1 aliphatic heterocycles. The third kappa shape index (κ3) is 4.32. The van der Waals surface area contributed by atoms with Crippen molar-refractivity contribution in [3.05, 3.63) is 29.8 Å². The van der Waals surface area contributed by atoms with E-state index in [1.165, 1.54) is 5.56 Å². The van der Waals surface area contributed by atoms with Gasteiger partial charge in [0.15, 0.2) is 0 Å². The van der Waals surface area contributed by atoms with E-state index in [-0.39, 0.29) is 11.3 Å². The fourth-order valence-electron chi connectivity index (χ4n) is 2.33. The van der Waals surface area contributed by atoms with Crippen molar-refractivity contribution in [2.24, 2.45) is 0 Å². The van der Waals surface area contributed by atoms with Gasteiger partial charge in [-0.25, -0.2) is 0 Å². The molecular formula is C16H25N3O. The molecule has 110 valence electrons. The molecule has 0 aromatic heterocycles. The molecule has 0 saturated carbocycles. The number of hydrogen-bond donors (Lipinski definition) is 2. The number of nitrogens with zero attached hydrogens (tertiary/aromatic N) is 1. The van der Waals surface area contributed by atoms with E-state index in [1.54, 1.807) is 0 Å². The molecule has 1 aromatic carbocycles. The molecular weight excluding hydrogens is 250 g/mol. The third-order valence-electron chi connectivity index (χ3n) is 3.61. The molecule has 1 aliphatic rings. The molecule has 1 fully saturated rings. The van der Waals surface area contributed by atoms with Gasteiger partial charge in [0, 0.05) is 31.9 Å². The molecule has 1 amide bonds. The Bertz CT molecular complexity index is 442. The first kappa shape index (κ1) is 15.0. The number of piperazine rings is 1. The van der Waals surface area contributed by atoms with Gasteiger partial charge in [-0.3, -0.25) is 9.69 Å². The molecule has 0 atom stereocenters. The first-order chi connectivity index (χ1) is 9.45. The minimum absolute atomic E-state index is 0.0652. The molecule has 2 rings (SSSR count). The lowest BCUT2D eigenvalue weighted by Gasteiger charge is -2.26. The fourth-order valence-corrected chi connectivity index (χ4v) is 2.33. The monoisotopic (exact) mass is 275 g/mol. The highest BCUT2D eigenvalue weighted by Crippen LogP contribution is 2.23. The van der Waals surface area contributed by atoms with E-state index in [4.69, 9.17) is 0 Å². The van der Waals surface area contributed by atoms with E-state index in [2.05, 4.69) is 48.4 Å². The summed E-state index contributed by atoms with van der Waals surface area (Å²) in [5, 5.41) is 6.25. The number of anilines is 1. The molecule has 0 unspecified atom stereocenters. The van der Waals surface area contributed by atoms with Crippen LogP contribution >= 0.6 is 0 Å². The molecule has 0 spiro atoms. The summed E-state index contributed by atoms with van der Waals surface area (Å²) >= 11 is 0. The summed E-state index contributed by atoms with van der Waals surface area (Å²) in [5.74, 6) is 0.0652. The van der Waals surface area contributed by atoms with Crippen molar-refractivity contribution in [2.45, 2.75) is 26.2 Å². The molecule has 2 N–H and O–H groups in total. The van der Waals surface area contributed by atoms with Crippen LogP contribution in [-0.4, -0.2) is 43.5 Å². The van der Waals surface area contributed by atoms with Crippen LogP contribution in [0.25, 0.3) is 0 Å². The summed E-state index contributed by atoms with van der Waals surface area (Å²) in [6, 6.07) is 8.13. The number of benzene rings is 1. The maximum atomic E-state index is 12.0. The maximum absolute atomic E-state index is 12.0. The van der Waals surface area contributed by atoms with E-state index in [0.717, 1.165) is 31.9 Å². The van der Waals surface area contributed by atoms with Crippen molar-refractivity contribution in [1.29, 1.82) is 0 Å². The second-order valence-electron chi connectivity index (χ2n) is 6.40. The van der Waals surface area contributed by atoms with Gasteiger partial charge in [-0.1, -0.05) is 32.9 Å². The number of carbonyl (C=O) groups excluding carboxylic acids is 1. The number of rotatable bonds is 3. The Hall–Kier alpha value is -1.39. The highest BCUT2D eigenvalue weighted by molar-refractivity contribution is 5.92. The van der Waals surface area contributed by atoms with Crippen molar-refractivity contribution in [3.63, 3.8) is 0 Å². The largest absolute Gasteiger partial charge is 0.325 e. The predicted molar refractivity (Wildman–Crippen MR) is 83.1 cm³/mol. The molecule has 4 heteroatoms. The molecule has 20 heavy (non-hydrogen) atoms. The number of carbonyl (C=O) groups is 1. The molecule has 1 heterocycles. The number of amides is 1. The van der Waals surface area contributed by atoms with Crippen LogP contribution in [0.15, 0.2) is 24.3 Å². The van der Waals surface area contributed by atoms with Crippen LogP contribution in [0, 0.1) is 0 Å². The van der Waals surface area contributed by atoms with Crippen LogP contribution in [0.1, 0.15) is 26.3 Å². The smallest absolute Gasteiger partial charge is 0.238 e. The first-order valence-corrected chi connectivity index (χ1v) is 7.28. The van der Waals surface area contributed by atoms with E-state index < -0.39 is 0 Å². The summed E-state index contributed by atoms with van der Waals surface area (Å²) in [5.41, 5.74) is 2.29. The summed E-state index contributed by atoms with van der Waals surface area (Å²) < 4.78 is 0. The van der Waals surface area contributed by atoms with Gasteiger partial charge < -0.3 is 10.6 Å². The van der Waals surface area contributed by atoms with Crippen LogP contribution in [-0.2, 0) is 10.2 Å². The normalized spacial score (nSPS) is 16.9. The van der Waals surface area contributed by atoms with Crippen LogP contribution in [0.5, 0.6) is 0 Å². The van der Waals surface area contributed by atoms with E-state index >= 15 is 0 Å². The highest BCUT2D eigenvalue weighted by atomic mass is 16.2. The van der Waals surface area contributed by atoms with Crippen LogP contribution in [0.4, 0.5) is 5.69 Å². The Morgan fingerprint density at radius 1 is 1.20 bits per heavy atom. The van der Waals surface area contributed by atoms with Gasteiger partial charge in [-0.15, -0.1) is 0 Å². The van der Waals surface area contributed by atoms with Gasteiger partial charge >= 0.3 is 0 Å². The van der Waals surface area contributed by atoms with Crippen LogP contribution in [0.2, 0.25) is 0 Å². The lowest BCUT2D eigenvalue weighted by Crippen LogP contribution is -2.46. The van der Waals surface area contributed by atoms with E-state index in [1.807, 2.05) is 12.1 Å². The standard InChI is InChI=1S/C16H25N3O/c1-16(2,3)13-4-6-14(7-5-13)18-15(20)12-19-10-8-17-9-11-19/h4-7,17H,8-12H2,1-3H3,(H,18,20). The molecule has 4 nitrogen and oxygen atoms in total. The average Bonchev–Trinajstić information content (AvgIpc) is 2.39. The van der Waals surface area contributed by atoms with Crippen LogP contribution in [0.3, 0.4) is 0 Å². The fraction of sp³-hybridized carbons (Fsp3) is 0.562. The summed E-state index contributed by atoms with van der Waals surface area (Å²) in [4.78, 5) is 14.2. The van der Waals surface area contributed by atoms with E-state index in [0.29, 0.717) is 6.54 Å². The molecule has 0 bridgehead atoms. The summed E-state index contributed by atoms with van der Waals surface area (Å²) in [7, 11) is 0. The maximum Gasteiger partial charge on any atom is 0.238 e. The minimum atomic E-state index is 0.0652. The van der Waals surface area contributed by atoms with Crippen molar-refractivity contribution >= 4 is 11.6 Å². The molecule has 0 radical (unpaired) electrons. The van der Waals surface area contributed by atoms with Crippen molar-refractivity contribution in [1.82, 2.24) is 10.2 Å². The quantitative estimate of drug-likeness (QED) is 0.884. The van der Waals surface area contributed by atoms with Crippen molar-refractivity contribution in [2.75, 3.05) is 38.0 Å². The molecule has 1 aromatic rings. The Morgan fingerprint density at radius 3 is 2.35 bits per heavy atom. The Morgan fingerprint density at radius 2 is 1.80 bits per heavy atom. The van der Waals surface area contributed by atoms with Crippen molar-refractivity contribution < 1.29 is 4.79 Å². The zero-order valence-corrected chi connectivity index (χ0v) is 12.7. The van der Waals surface area contributed by atoms with Gasteiger partial charge in [0.2, 0.25) is 5.91 Å². The second-order valence-corrected chi connectivity index (χ2v) is 6.40. The van der Waals surface area contributed by atoms with Gasteiger partial charge in [-0.2, -0.15) is 0 Å². The average molecular weight is 275 g/mol. The molecule has 0 aliphatic carbocycles. The number of nitrogens with one attached hydrogen (secondary N) is 2. The predicted octanol–water partition coefficient (Wildman–Crippen LogP) is 1.83. The molecule has 1 saturated heterocycles. The van der Waals surface area contributed by atoms with Crippen molar-refractivity contribution in [3.8, 4) is 0 Å². The van der Waals surface area contributed by atoms with Crippen LogP contribution < -0.4 is 10.6 Å². The Kier molecular flexibility index (Phi) is 4.78. The Labute approximate surface area is 121 Å². The third-order valence-corrected chi connectivity index (χ3v) is 3.61. The topological polar surface area (TPSA) is 44.4 Å². The van der Waals surface area contributed by atoms with E-state index in [9.17, 15) is 4.79 Å². The zero-order valence-electron chi connectivity index (χ0n) is 12.7.